The number of thioether (sulfide) groups is 1. The van der Waals surface area contributed by atoms with Crippen LogP contribution in [0.3, 0.4) is 0 Å². The zero-order valence-corrected chi connectivity index (χ0v) is 18.0. The van der Waals surface area contributed by atoms with Gasteiger partial charge in [-0.1, -0.05) is 53.7 Å². The average molecular weight is 427 g/mol. The van der Waals surface area contributed by atoms with Crippen LogP contribution in [-0.2, 0) is 11.2 Å². The summed E-state index contributed by atoms with van der Waals surface area (Å²) in [6.45, 7) is 3.86. The number of rotatable bonds is 5. The lowest BCUT2D eigenvalue weighted by molar-refractivity contribution is -0.121. The normalized spacial score (nSPS) is 16.9. The zero-order valence-electron chi connectivity index (χ0n) is 16.4. The molecule has 3 aromatic rings. The zero-order chi connectivity index (χ0) is 20.4. The van der Waals surface area contributed by atoms with E-state index in [1.807, 2.05) is 42.7 Å². The van der Waals surface area contributed by atoms with Gasteiger partial charge in [0, 0.05) is 5.02 Å². The van der Waals surface area contributed by atoms with E-state index in [0.717, 1.165) is 30.5 Å². The highest BCUT2D eigenvalue weighted by Crippen LogP contribution is 2.31. The second-order valence-corrected chi connectivity index (χ2v) is 9.04. The molecule has 1 heterocycles. The molecule has 0 spiro atoms. The molecule has 1 aliphatic rings. The minimum absolute atomic E-state index is 0.00758. The number of aryl methyl sites for hydroxylation is 2. The maximum atomic E-state index is 12.9. The van der Waals surface area contributed by atoms with E-state index in [0.29, 0.717) is 10.2 Å². The Bertz CT molecular complexity index is 1040. The lowest BCUT2D eigenvalue weighted by atomic mass is 9.88. The van der Waals surface area contributed by atoms with Crippen LogP contribution in [0.1, 0.15) is 42.5 Å². The summed E-state index contributed by atoms with van der Waals surface area (Å²) in [4.78, 5) is 12.9. The molecule has 1 N–H and O–H groups in total. The summed E-state index contributed by atoms with van der Waals surface area (Å²) in [6, 6.07) is 14.3. The van der Waals surface area contributed by atoms with Gasteiger partial charge in [-0.05, 0) is 61.9 Å². The summed E-state index contributed by atoms with van der Waals surface area (Å²) < 4.78 is 1.86. The Kier molecular flexibility index (Phi) is 5.92. The van der Waals surface area contributed by atoms with Crippen LogP contribution >= 0.6 is 23.4 Å². The number of carbonyl (C=O) groups excluding carboxylic acids is 1. The Hall–Kier alpha value is -2.31. The van der Waals surface area contributed by atoms with Gasteiger partial charge < -0.3 is 5.32 Å². The first-order valence-electron chi connectivity index (χ1n) is 9.74. The van der Waals surface area contributed by atoms with Gasteiger partial charge in [0.1, 0.15) is 6.33 Å². The van der Waals surface area contributed by atoms with Crippen molar-refractivity contribution >= 4 is 29.3 Å². The number of benzene rings is 2. The van der Waals surface area contributed by atoms with Gasteiger partial charge in [-0.15, -0.1) is 10.2 Å². The van der Waals surface area contributed by atoms with Crippen molar-refractivity contribution in [1.82, 2.24) is 20.1 Å². The maximum Gasteiger partial charge on any atom is 0.233 e. The molecule has 2 aromatic carbocycles. The monoisotopic (exact) mass is 426 g/mol. The molecule has 4 rings (SSSR count). The number of hydrogen-bond donors (Lipinski definition) is 1. The first-order valence-corrected chi connectivity index (χ1v) is 11.0. The number of hydrogen-bond acceptors (Lipinski definition) is 4. The Labute approximate surface area is 179 Å². The van der Waals surface area contributed by atoms with Crippen molar-refractivity contribution in [3.63, 3.8) is 0 Å². The van der Waals surface area contributed by atoms with Crippen molar-refractivity contribution in [2.24, 2.45) is 0 Å². The predicted octanol–water partition coefficient (Wildman–Crippen LogP) is 4.90. The van der Waals surface area contributed by atoms with Gasteiger partial charge in [0.15, 0.2) is 5.16 Å². The van der Waals surface area contributed by atoms with E-state index in [4.69, 9.17) is 11.6 Å². The second kappa shape index (κ2) is 8.59. The Morgan fingerprint density at radius 2 is 2.14 bits per heavy atom. The standard InChI is InChI=1S/C22H23ClN4OS/c1-14-10-11-17(12-19(14)23)27-13-24-26-22(27)29-15(2)21(28)25-20-9-5-7-16-6-3-4-8-18(16)20/h3-4,6,8,10-13,15,20H,5,7,9H2,1-2H3,(H,25,28). The van der Waals surface area contributed by atoms with Crippen molar-refractivity contribution in [2.45, 2.75) is 49.6 Å². The Morgan fingerprint density at radius 3 is 2.97 bits per heavy atom. The van der Waals surface area contributed by atoms with Crippen LogP contribution in [0, 0.1) is 6.92 Å². The van der Waals surface area contributed by atoms with E-state index in [9.17, 15) is 4.79 Å². The summed E-state index contributed by atoms with van der Waals surface area (Å²) >= 11 is 7.66. The largest absolute Gasteiger partial charge is 0.348 e. The van der Waals surface area contributed by atoms with Gasteiger partial charge in [-0.3, -0.25) is 9.36 Å². The first kappa shape index (κ1) is 20.0. The predicted molar refractivity (Wildman–Crippen MR) is 117 cm³/mol. The van der Waals surface area contributed by atoms with Gasteiger partial charge in [0.05, 0.1) is 17.0 Å². The number of carbonyl (C=O) groups is 1. The highest BCUT2D eigenvalue weighted by molar-refractivity contribution is 8.00. The van der Waals surface area contributed by atoms with Crippen LogP contribution < -0.4 is 5.32 Å². The second-order valence-electron chi connectivity index (χ2n) is 7.33. The number of amides is 1. The molecule has 0 fully saturated rings. The molecule has 0 bridgehead atoms. The smallest absolute Gasteiger partial charge is 0.233 e. The molecule has 0 radical (unpaired) electrons. The Balaban J connectivity index is 1.47. The quantitative estimate of drug-likeness (QED) is 0.589. The van der Waals surface area contributed by atoms with Crippen LogP contribution in [0.2, 0.25) is 5.02 Å². The summed E-state index contributed by atoms with van der Waals surface area (Å²) in [6.07, 6.45) is 4.78. The summed E-state index contributed by atoms with van der Waals surface area (Å²) in [7, 11) is 0. The van der Waals surface area contributed by atoms with Crippen LogP contribution in [0.15, 0.2) is 53.9 Å². The minimum atomic E-state index is -0.298. The maximum absolute atomic E-state index is 12.9. The van der Waals surface area contributed by atoms with Gasteiger partial charge >= 0.3 is 0 Å². The van der Waals surface area contributed by atoms with E-state index in [-0.39, 0.29) is 17.2 Å². The molecule has 1 aliphatic carbocycles. The van der Waals surface area contributed by atoms with Crippen molar-refractivity contribution in [3.05, 3.63) is 70.5 Å². The molecule has 5 nitrogen and oxygen atoms in total. The highest BCUT2D eigenvalue weighted by atomic mass is 35.5. The molecule has 1 amide bonds. The van der Waals surface area contributed by atoms with Crippen LogP contribution in [0.5, 0.6) is 0 Å². The third-order valence-corrected chi connectivity index (χ3v) is 6.75. The molecular formula is C22H23ClN4OS. The molecule has 0 saturated carbocycles. The number of nitrogens with zero attached hydrogens (tertiary/aromatic N) is 3. The Morgan fingerprint density at radius 1 is 1.31 bits per heavy atom. The first-order chi connectivity index (χ1) is 14.0. The summed E-state index contributed by atoms with van der Waals surface area (Å²) in [5, 5.41) is 12.5. The van der Waals surface area contributed by atoms with Gasteiger partial charge in [-0.2, -0.15) is 0 Å². The highest BCUT2D eigenvalue weighted by Gasteiger charge is 2.25. The molecule has 7 heteroatoms. The summed E-state index contributed by atoms with van der Waals surface area (Å²) in [5.41, 5.74) is 4.46. The van der Waals surface area contributed by atoms with Gasteiger partial charge in [-0.25, -0.2) is 0 Å². The topological polar surface area (TPSA) is 59.8 Å². The van der Waals surface area contributed by atoms with E-state index in [1.54, 1.807) is 6.33 Å². The molecule has 0 aliphatic heterocycles. The number of fused-ring (bicyclic) bond motifs is 1. The molecule has 0 saturated heterocycles. The number of aromatic nitrogens is 3. The fourth-order valence-electron chi connectivity index (χ4n) is 3.62. The molecule has 2 unspecified atom stereocenters. The number of nitrogens with one attached hydrogen (secondary N) is 1. The van der Waals surface area contributed by atoms with Crippen LogP contribution in [0.25, 0.3) is 5.69 Å². The van der Waals surface area contributed by atoms with Crippen molar-refractivity contribution in [2.75, 3.05) is 0 Å². The van der Waals surface area contributed by atoms with Crippen LogP contribution in [-0.4, -0.2) is 25.9 Å². The lowest BCUT2D eigenvalue weighted by Crippen LogP contribution is -2.36. The SMILES string of the molecule is Cc1ccc(-n2cnnc2SC(C)C(=O)NC2CCCc3ccccc32)cc1Cl. The van der Waals surface area contributed by atoms with Crippen LogP contribution in [0.4, 0.5) is 0 Å². The lowest BCUT2D eigenvalue weighted by Gasteiger charge is -2.27. The molecular weight excluding hydrogens is 404 g/mol. The van der Waals surface area contributed by atoms with Crippen molar-refractivity contribution < 1.29 is 4.79 Å². The van der Waals surface area contributed by atoms with E-state index >= 15 is 0 Å². The molecule has 150 valence electrons. The molecule has 29 heavy (non-hydrogen) atoms. The van der Waals surface area contributed by atoms with E-state index < -0.39 is 0 Å². The fourth-order valence-corrected chi connectivity index (χ4v) is 4.64. The van der Waals surface area contributed by atoms with E-state index in [1.165, 1.54) is 22.9 Å². The summed E-state index contributed by atoms with van der Waals surface area (Å²) in [5.74, 6) is 0.00758. The molecule has 2 atom stereocenters. The number of halogens is 1. The van der Waals surface area contributed by atoms with Crippen molar-refractivity contribution in [3.8, 4) is 5.69 Å². The fraction of sp³-hybridized carbons (Fsp3) is 0.318. The third-order valence-electron chi connectivity index (χ3n) is 5.29. The van der Waals surface area contributed by atoms with Crippen molar-refractivity contribution in [1.29, 1.82) is 0 Å². The third kappa shape index (κ3) is 4.33. The average Bonchev–Trinajstić information content (AvgIpc) is 3.18. The van der Waals surface area contributed by atoms with Gasteiger partial charge in [0.2, 0.25) is 5.91 Å². The van der Waals surface area contributed by atoms with Gasteiger partial charge in [0.25, 0.3) is 0 Å². The molecule has 1 aromatic heterocycles. The van der Waals surface area contributed by atoms with E-state index in [2.05, 4.69) is 33.7 Å². The minimum Gasteiger partial charge on any atom is -0.348 e.